The molecule has 0 aliphatic carbocycles. The van der Waals surface area contributed by atoms with Gasteiger partial charge in [-0.1, -0.05) is 6.07 Å². The Labute approximate surface area is 118 Å². The standard InChI is InChI=1S/C12H11NO4S2/c1-2-17-10(14)7-13-11(15)9(19-12(13)16)6-8-4-3-5-18-8/h3-6H,2,7H2,1H3. The second-order valence-electron chi connectivity index (χ2n) is 3.59. The number of thioether (sulfide) groups is 1. The van der Waals surface area contributed by atoms with Crippen molar-refractivity contribution in [2.75, 3.05) is 13.2 Å². The molecule has 2 rings (SSSR count). The van der Waals surface area contributed by atoms with Gasteiger partial charge in [0.15, 0.2) is 0 Å². The summed E-state index contributed by atoms with van der Waals surface area (Å²) in [5.41, 5.74) is 0. The van der Waals surface area contributed by atoms with Crippen molar-refractivity contribution in [3.8, 4) is 0 Å². The van der Waals surface area contributed by atoms with Crippen LogP contribution in [0.5, 0.6) is 0 Å². The first-order chi connectivity index (χ1) is 9.11. The lowest BCUT2D eigenvalue weighted by Gasteiger charge is -2.10. The molecule has 0 unspecified atom stereocenters. The highest BCUT2D eigenvalue weighted by Crippen LogP contribution is 2.32. The monoisotopic (exact) mass is 297 g/mol. The van der Waals surface area contributed by atoms with E-state index in [0.29, 0.717) is 4.91 Å². The summed E-state index contributed by atoms with van der Waals surface area (Å²) in [6.45, 7) is 1.56. The molecule has 7 heteroatoms. The zero-order valence-electron chi connectivity index (χ0n) is 10.1. The topological polar surface area (TPSA) is 63.7 Å². The average molecular weight is 297 g/mol. The van der Waals surface area contributed by atoms with Gasteiger partial charge in [-0.25, -0.2) is 0 Å². The van der Waals surface area contributed by atoms with Crippen molar-refractivity contribution in [1.29, 1.82) is 0 Å². The molecule has 0 bridgehead atoms. The lowest BCUT2D eigenvalue weighted by Crippen LogP contribution is -2.34. The highest BCUT2D eigenvalue weighted by Gasteiger charge is 2.36. The molecule has 2 heterocycles. The zero-order valence-corrected chi connectivity index (χ0v) is 11.8. The van der Waals surface area contributed by atoms with Crippen LogP contribution in [0.2, 0.25) is 0 Å². The number of nitrogens with zero attached hydrogens (tertiary/aromatic N) is 1. The van der Waals surface area contributed by atoms with E-state index in [1.165, 1.54) is 11.3 Å². The minimum Gasteiger partial charge on any atom is -0.465 e. The third kappa shape index (κ3) is 3.24. The summed E-state index contributed by atoms with van der Waals surface area (Å²) < 4.78 is 4.73. The maximum atomic E-state index is 12.0. The van der Waals surface area contributed by atoms with Gasteiger partial charge in [0, 0.05) is 4.88 Å². The quantitative estimate of drug-likeness (QED) is 0.630. The van der Waals surface area contributed by atoms with Crippen LogP contribution in [-0.4, -0.2) is 35.2 Å². The molecule has 100 valence electrons. The summed E-state index contributed by atoms with van der Waals surface area (Å²) in [6, 6.07) is 3.71. The number of ether oxygens (including phenoxy) is 1. The van der Waals surface area contributed by atoms with Crippen LogP contribution in [0.3, 0.4) is 0 Å². The molecular formula is C12H11NO4S2. The second-order valence-corrected chi connectivity index (χ2v) is 5.56. The molecule has 0 atom stereocenters. The Bertz CT molecular complexity index is 536. The van der Waals surface area contributed by atoms with E-state index in [-0.39, 0.29) is 13.2 Å². The minimum atomic E-state index is -0.581. The van der Waals surface area contributed by atoms with Crippen molar-refractivity contribution in [3.63, 3.8) is 0 Å². The third-order valence-electron chi connectivity index (χ3n) is 2.28. The molecule has 1 aliphatic rings. The van der Waals surface area contributed by atoms with Gasteiger partial charge in [0.25, 0.3) is 11.1 Å². The van der Waals surface area contributed by atoms with E-state index in [0.717, 1.165) is 21.5 Å². The molecule has 1 aromatic rings. The third-order valence-corrected chi connectivity index (χ3v) is 4.01. The SMILES string of the molecule is CCOC(=O)CN1C(=O)SC(=Cc2cccs2)C1=O. The van der Waals surface area contributed by atoms with Crippen molar-refractivity contribution in [2.45, 2.75) is 6.92 Å². The molecule has 19 heavy (non-hydrogen) atoms. The highest BCUT2D eigenvalue weighted by molar-refractivity contribution is 8.18. The molecule has 5 nitrogen and oxygen atoms in total. The van der Waals surface area contributed by atoms with Crippen molar-refractivity contribution < 1.29 is 19.1 Å². The number of rotatable bonds is 4. The van der Waals surface area contributed by atoms with Crippen LogP contribution >= 0.6 is 23.1 Å². The van der Waals surface area contributed by atoms with Crippen molar-refractivity contribution in [3.05, 3.63) is 27.3 Å². The maximum Gasteiger partial charge on any atom is 0.326 e. The summed E-state index contributed by atoms with van der Waals surface area (Å²) in [6.07, 6.45) is 1.65. The summed E-state index contributed by atoms with van der Waals surface area (Å²) >= 11 is 2.31. The molecule has 0 radical (unpaired) electrons. The van der Waals surface area contributed by atoms with Gasteiger partial charge in [-0.2, -0.15) is 0 Å². The van der Waals surface area contributed by atoms with Gasteiger partial charge in [0.05, 0.1) is 11.5 Å². The van der Waals surface area contributed by atoms with Crippen LogP contribution in [0.4, 0.5) is 4.79 Å². The number of esters is 1. The number of thiophene rings is 1. The van der Waals surface area contributed by atoms with Gasteiger partial charge in [0.2, 0.25) is 0 Å². The normalized spacial score (nSPS) is 17.3. The van der Waals surface area contributed by atoms with E-state index < -0.39 is 17.1 Å². The van der Waals surface area contributed by atoms with Gasteiger partial charge in [0.1, 0.15) is 6.54 Å². The first kappa shape index (κ1) is 13.8. The molecule has 1 aromatic heterocycles. The Balaban J connectivity index is 2.10. The van der Waals surface area contributed by atoms with Crippen molar-refractivity contribution >= 4 is 46.3 Å². The van der Waals surface area contributed by atoms with Gasteiger partial charge in [-0.3, -0.25) is 19.3 Å². The smallest absolute Gasteiger partial charge is 0.326 e. The van der Waals surface area contributed by atoms with Crippen LogP contribution in [0.25, 0.3) is 6.08 Å². The molecule has 0 saturated carbocycles. The Kier molecular flexibility index (Phi) is 4.39. The molecule has 0 spiro atoms. The fraction of sp³-hybridized carbons (Fsp3) is 0.250. The van der Waals surface area contributed by atoms with E-state index in [4.69, 9.17) is 4.74 Å². The average Bonchev–Trinajstić information content (AvgIpc) is 2.95. The molecule has 0 N–H and O–H groups in total. The van der Waals surface area contributed by atoms with Crippen LogP contribution in [0.1, 0.15) is 11.8 Å². The predicted molar refractivity (Wildman–Crippen MR) is 73.6 cm³/mol. The van der Waals surface area contributed by atoms with Gasteiger partial charge < -0.3 is 4.74 Å². The molecule has 1 aliphatic heterocycles. The Morgan fingerprint density at radius 2 is 2.26 bits per heavy atom. The van der Waals surface area contributed by atoms with Gasteiger partial charge in [-0.15, -0.1) is 11.3 Å². The van der Waals surface area contributed by atoms with E-state index in [1.807, 2.05) is 17.5 Å². The highest BCUT2D eigenvalue weighted by atomic mass is 32.2. The summed E-state index contributed by atoms with van der Waals surface area (Å²) in [5.74, 6) is -1.03. The Morgan fingerprint density at radius 3 is 2.89 bits per heavy atom. The largest absolute Gasteiger partial charge is 0.465 e. The van der Waals surface area contributed by atoms with E-state index in [1.54, 1.807) is 13.0 Å². The Hall–Kier alpha value is -1.60. The fourth-order valence-electron chi connectivity index (χ4n) is 1.47. The van der Waals surface area contributed by atoms with Crippen LogP contribution < -0.4 is 0 Å². The molecule has 1 fully saturated rings. The number of amides is 2. The summed E-state index contributed by atoms with van der Waals surface area (Å²) in [5, 5.41) is 1.44. The molecule has 0 aromatic carbocycles. The van der Waals surface area contributed by atoms with Crippen LogP contribution in [-0.2, 0) is 14.3 Å². The number of hydrogen-bond acceptors (Lipinski definition) is 6. The van der Waals surface area contributed by atoms with E-state index >= 15 is 0 Å². The number of carbonyl (C=O) groups excluding carboxylic acids is 3. The second kappa shape index (κ2) is 6.03. The van der Waals surface area contributed by atoms with Crippen molar-refractivity contribution in [2.24, 2.45) is 0 Å². The van der Waals surface area contributed by atoms with Gasteiger partial charge >= 0.3 is 5.97 Å². The first-order valence-electron chi connectivity index (χ1n) is 5.56. The maximum absolute atomic E-state index is 12.0. The van der Waals surface area contributed by atoms with E-state index in [9.17, 15) is 14.4 Å². The molecule has 1 saturated heterocycles. The lowest BCUT2D eigenvalue weighted by molar-refractivity contribution is -0.145. The molecular weight excluding hydrogens is 286 g/mol. The first-order valence-corrected chi connectivity index (χ1v) is 7.26. The molecule has 2 amide bonds. The van der Waals surface area contributed by atoms with Gasteiger partial charge in [-0.05, 0) is 36.2 Å². The lowest BCUT2D eigenvalue weighted by atomic mass is 10.3. The number of carbonyl (C=O) groups is 3. The Morgan fingerprint density at radius 1 is 1.47 bits per heavy atom. The van der Waals surface area contributed by atoms with E-state index in [2.05, 4.69) is 0 Å². The number of hydrogen-bond donors (Lipinski definition) is 0. The minimum absolute atomic E-state index is 0.222. The predicted octanol–water partition coefficient (Wildman–Crippen LogP) is 2.35. The zero-order chi connectivity index (χ0) is 13.8. The van der Waals surface area contributed by atoms with Crippen molar-refractivity contribution in [1.82, 2.24) is 4.90 Å². The summed E-state index contributed by atoms with van der Waals surface area (Å²) in [7, 11) is 0. The number of imide groups is 1. The van der Waals surface area contributed by atoms with Crippen LogP contribution in [0, 0.1) is 0 Å². The van der Waals surface area contributed by atoms with Crippen LogP contribution in [0.15, 0.2) is 22.4 Å². The fourth-order valence-corrected chi connectivity index (χ4v) is 3.04. The summed E-state index contributed by atoms with van der Waals surface area (Å²) in [4.78, 5) is 37.1.